The SMILES string of the molecule is CC(C)CCCC(C)CCCC(C)CCCC(C)C.CC(O)(CS(=O)(=O)c1ccc(F)cc1)C(=O)Nc1ccc(C#N)c(C(F)(F)F)c1. The summed E-state index contributed by atoms with van der Waals surface area (Å²) in [6, 6.07) is 7.40. The molecule has 0 aliphatic rings. The first-order valence-electron chi connectivity index (χ1n) is 16.8. The van der Waals surface area contributed by atoms with Gasteiger partial charge in [-0.3, -0.25) is 4.79 Å². The van der Waals surface area contributed by atoms with Gasteiger partial charge in [-0.15, -0.1) is 0 Å². The third kappa shape index (κ3) is 16.4. The summed E-state index contributed by atoms with van der Waals surface area (Å²) in [6.07, 6.45) is 8.07. The minimum atomic E-state index is -4.86. The Hall–Kier alpha value is -2.97. The van der Waals surface area contributed by atoms with E-state index >= 15 is 0 Å². The number of carbonyl (C=O) groups is 1. The van der Waals surface area contributed by atoms with Gasteiger partial charge in [0.25, 0.3) is 5.91 Å². The van der Waals surface area contributed by atoms with Crippen molar-refractivity contribution in [3.63, 3.8) is 0 Å². The Bertz CT molecular complexity index is 1400. The van der Waals surface area contributed by atoms with Gasteiger partial charge in [-0.25, -0.2) is 12.8 Å². The molecule has 0 saturated carbocycles. The second-order valence-electron chi connectivity index (χ2n) is 14.1. The van der Waals surface area contributed by atoms with Crippen LogP contribution in [0.3, 0.4) is 0 Å². The van der Waals surface area contributed by atoms with Crippen LogP contribution < -0.4 is 5.32 Å². The largest absolute Gasteiger partial charge is 0.417 e. The lowest BCUT2D eigenvalue weighted by Crippen LogP contribution is -2.45. The molecule has 0 fully saturated rings. The van der Waals surface area contributed by atoms with Crippen LogP contribution in [0, 0.1) is 40.8 Å². The highest BCUT2D eigenvalue weighted by Crippen LogP contribution is 2.34. The van der Waals surface area contributed by atoms with Crippen LogP contribution in [0.5, 0.6) is 0 Å². The van der Waals surface area contributed by atoms with Gasteiger partial charge in [0.1, 0.15) is 5.82 Å². The third-order valence-electron chi connectivity index (χ3n) is 8.19. The number of hydrogen-bond acceptors (Lipinski definition) is 5. The number of nitrogens with one attached hydrogen (secondary N) is 1. The van der Waals surface area contributed by atoms with Crippen LogP contribution in [0.1, 0.15) is 117 Å². The highest BCUT2D eigenvalue weighted by atomic mass is 32.2. The number of nitriles is 1. The first kappa shape index (κ1) is 43.1. The molecule has 0 saturated heterocycles. The fourth-order valence-corrected chi connectivity index (χ4v) is 6.82. The van der Waals surface area contributed by atoms with E-state index in [-0.39, 0.29) is 10.6 Å². The molecule has 2 aromatic rings. The molecule has 0 aliphatic heterocycles. The van der Waals surface area contributed by atoms with Crippen LogP contribution in [-0.2, 0) is 20.8 Å². The normalized spacial score (nSPS) is 14.4. The molecule has 0 aromatic heterocycles. The zero-order valence-electron chi connectivity index (χ0n) is 29.5. The number of rotatable bonds is 17. The Morgan fingerprint density at radius 3 is 1.71 bits per heavy atom. The van der Waals surface area contributed by atoms with Gasteiger partial charge >= 0.3 is 6.18 Å². The van der Waals surface area contributed by atoms with E-state index < -0.39 is 50.2 Å². The maximum atomic E-state index is 13.0. The minimum absolute atomic E-state index is 0.343. The van der Waals surface area contributed by atoms with Crippen LogP contribution in [0.25, 0.3) is 0 Å². The molecule has 3 unspecified atom stereocenters. The summed E-state index contributed by atoms with van der Waals surface area (Å²) in [7, 11) is -4.21. The van der Waals surface area contributed by atoms with E-state index in [2.05, 4.69) is 41.5 Å². The Morgan fingerprint density at radius 2 is 1.29 bits per heavy atom. The molecule has 0 spiro atoms. The van der Waals surface area contributed by atoms with Crippen molar-refractivity contribution >= 4 is 21.4 Å². The predicted molar refractivity (Wildman–Crippen MR) is 183 cm³/mol. The molecule has 1 amide bonds. The van der Waals surface area contributed by atoms with Gasteiger partial charge in [0, 0.05) is 5.69 Å². The number of aliphatic hydroxyl groups is 1. The summed E-state index contributed by atoms with van der Waals surface area (Å²) >= 11 is 0. The summed E-state index contributed by atoms with van der Waals surface area (Å²) in [5.41, 5.74) is -4.86. The van der Waals surface area contributed by atoms with E-state index in [1.165, 1.54) is 63.9 Å². The number of anilines is 1. The molecule has 2 rings (SSSR count). The Labute approximate surface area is 285 Å². The lowest BCUT2D eigenvalue weighted by Gasteiger charge is -2.22. The number of alkyl halides is 3. The monoisotopic (exact) mass is 698 g/mol. The zero-order valence-corrected chi connectivity index (χ0v) is 30.3. The summed E-state index contributed by atoms with van der Waals surface area (Å²) in [5, 5.41) is 21.1. The van der Waals surface area contributed by atoms with Gasteiger partial charge in [-0.2, -0.15) is 18.4 Å². The number of sulfone groups is 1. The summed E-state index contributed by atoms with van der Waals surface area (Å²) in [6.45, 7) is 15.1. The molecular formula is C37H54F4N2O4S. The number of halogens is 4. The van der Waals surface area contributed by atoms with Crippen LogP contribution in [-0.4, -0.2) is 30.8 Å². The molecule has 0 bridgehead atoms. The molecule has 3 atom stereocenters. The molecule has 270 valence electrons. The highest BCUT2D eigenvalue weighted by molar-refractivity contribution is 7.91. The van der Waals surface area contributed by atoms with E-state index in [1.807, 2.05) is 5.32 Å². The Kier molecular flexibility index (Phi) is 17.8. The zero-order chi connectivity index (χ0) is 36.7. The van der Waals surface area contributed by atoms with Crippen molar-refractivity contribution in [3.8, 4) is 6.07 Å². The average molecular weight is 699 g/mol. The van der Waals surface area contributed by atoms with Gasteiger partial charge in [0.15, 0.2) is 15.4 Å². The summed E-state index contributed by atoms with van der Waals surface area (Å²) < 4.78 is 76.6. The number of nitrogens with zero attached hydrogens (tertiary/aromatic N) is 1. The van der Waals surface area contributed by atoms with Gasteiger partial charge in [-0.05, 0) is 73.1 Å². The van der Waals surface area contributed by atoms with Crippen molar-refractivity contribution in [1.29, 1.82) is 5.26 Å². The molecule has 0 aliphatic carbocycles. The molecule has 0 heterocycles. The molecule has 2 aromatic carbocycles. The molecule has 0 radical (unpaired) electrons. The van der Waals surface area contributed by atoms with Crippen LogP contribution in [0.15, 0.2) is 47.4 Å². The van der Waals surface area contributed by atoms with Gasteiger partial charge in [0.2, 0.25) is 0 Å². The van der Waals surface area contributed by atoms with E-state index in [4.69, 9.17) is 5.26 Å². The maximum absolute atomic E-state index is 13.0. The van der Waals surface area contributed by atoms with Crippen LogP contribution in [0.2, 0.25) is 0 Å². The fourth-order valence-electron chi connectivity index (χ4n) is 5.23. The smallest absolute Gasteiger partial charge is 0.379 e. The maximum Gasteiger partial charge on any atom is 0.417 e. The van der Waals surface area contributed by atoms with Crippen molar-refractivity contribution in [2.45, 2.75) is 123 Å². The number of hydrogen-bond donors (Lipinski definition) is 2. The Balaban J connectivity index is 0.000000528. The predicted octanol–water partition coefficient (Wildman–Crippen LogP) is 9.96. The van der Waals surface area contributed by atoms with Gasteiger partial charge in [0.05, 0.1) is 27.8 Å². The van der Waals surface area contributed by atoms with Crippen LogP contribution in [0.4, 0.5) is 23.2 Å². The standard InChI is InChI=1S/C19H40.C18H14F4N2O4S/c1-16(2)10-7-12-18(5)14-9-15-19(6)13-8-11-17(3)4;1-17(26,10-29(27,28)14-6-3-12(19)4-7-14)16(25)24-13-5-2-11(9-23)15(8-13)18(20,21)22/h16-19H,7-15H2,1-6H3;2-8,26H,10H2,1H3,(H,24,25). The average Bonchev–Trinajstić information content (AvgIpc) is 2.96. The van der Waals surface area contributed by atoms with Crippen molar-refractivity contribution in [1.82, 2.24) is 0 Å². The quantitative estimate of drug-likeness (QED) is 0.126. The van der Waals surface area contributed by atoms with E-state index in [1.54, 1.807) is 0 Å². The second kappa shape index (κ2) is 19.9. The van der Waals surface area contributed by atoms with Crippen molar-refractivity contribution < 1.29 is 35.9 Å². The van der Waals surface area contributed by atoms with Crippen LogP contribution >= 0.6 is 0 Å². The molecular weight excluding hydrogens is 644 g/mol. The molecule has 6 nitrogen and oxygen atoms in total. The van der Waals surface area contributed by atoms with E-state index in [9.17, 15) is 35.9 Å². The Morgan fingerprint density at radius 1 is 0.833 bits per heavy atom. The summed E-state index contributed by atoms with van der Waals surface area (Å²) in [4.78, 5) is 11.9. The molecule has 48 heavy (non-hydrogen) atoms. The van der Waals surface area contributed by atoms with Gasteiger partial charge in [-0.1, -0.05) is 99.3 Å². The number of carbonyl (C=O) groups excluding carboxylic acids is 1. The lowest BCUT2D eigenvalue weighted by molar-refractivity contribution is -0.137. The topological polar surface area (TPSA) is 107 Å². The lowest BCUT2D eigenvalue weighted by atomic mass is 9.91. The van der Waals surface area contributed by atoms with Crippen molar-refractivity contribution in [2.24, 2.45) is 23.7 Å². The van der Waals surface area contributed by atoms with E-state index in [0.29, 0.717) is 6.07 Å². The fraction of sp³-hybridized carbons (Fsp3) is 0.622. The van der Waals surface area contributed by atoms with Crippen molar-refractivity contribution in [3.05, 3.63) is 59.4 Å². The molecule has 2 N–H and O–H groups in total. The third-order valence-corrected chi connectivity index (χ3v) is 10.1. The minimum Gasteiger partial charge on any atom is -0.379 e. The first-order valence-corrected chi connectivity index (χ1v) is 18.5. The van der Waals surface area contributed by atoms with Crippen molar-refractivity contribution in [2.75, 3.05) is 11.1 Å². The second-order valence-corrected chi connectivity index (χ2v) is 16.1. The number of amides is 1. The molecule has 11 heteroatoms. The highest BCUT2D eigenvalue weighted by Gasteiger charge is 2.38. The van der Waals surface area contributed by atoms with E-state index in [0.717, 1.165) is 67.0 Å². The number of benzene rings is 2. The first-order chi connectivity index (χ1) is 22.2. The summed E-state index contributed by atoms with van der Waals surface area (Å²) in [5.74, 6) is 0.597. The van der Waals surface area contributed by atoms with Gasteiger partial charge < -0.3 is 10.4 Å².